The monoisotopic (exact) mass is 313 g/mol. The van der Waals surface area contributed by atoms with Gasteiger partial charge in [-0.2, -0.15) is 0 Å². The predicted octanol–water partition coefficient (Wildman–Crippen LogP) is 1.20. The van der Waals surface area contributed by atoms with Gasteiger partial charge >= 0.3 is 6.03 Å². The quantitative estimate of drug-likeness (QED) is 0.825. The Morgan fingerprint density at radius 3 is 3.04 bits per heavy atom. The largest absolute Gasteiger partial charge is 0.373 e. The van der Waals surface area contributed by atoms with E-state index in [1.807, 2.05) is 30.3 Å². The zero-order valence-corrected chi connectivity index (χ0v) is 13.3. The molecule has 0 saturated carbocycles. The minimum atomic E-state index is -0.195. The summed E-state index contributed by atoms with van der Waals surface area (Å²) in [5.74, 6) is 5.95. The van der Waals surface area contributed by atoms with E-state index in [-0.39, 0.29) is 12.1 Å². The summed E-state index contributed by atoms with van der Waals surface area (Å²) in [6.45, 7) is 3.74. The maximum Gasteiger partial charge on any atom is 0.315 e. The third kappa shape index (κ3) is 4.72. The molecule has 0 radical (unpaired) electrons. The average Bonchev–Trinajstić information content (AvgIpc) is 3.05. The summed E-state index contributed by atoms with van der Waals surface area (Å²) in [4.78, 5) is 14.2. The van der Waals surface area contributed by atoms with Crippen LogP contribution in [0.3, 0.4) is 0 Å². The number of carbonyl (C=O) groups excluding carboxylic acids is 1. The molecule has 0 aliphatic carbocycles. The summed E-state index contributed by atoms with van der Waals surface area (Å²) in [6, 6.07) is 10.1. The van der Waals surface area contributed by atoms with Gasteiger partial charge in [0.1, 0.15) is 0 Å². The van der Waals surface area contributed by atoms with E-state index < -0.39 is 0 Å². The van der Waals surface area contributed by atoms with Crippen LogP contribution in [0, 0.1) is 11.8 Å². The van der Waals surface area contributed by atoms with Crippen molar-refractivity contribution >= 4 is 6.03 Å². The van der Waals surface area contributed by atoms with Crippen LogP contribution in [0.25, 0.3) is 0 Å². The first-order valence-corrected chi connectivity index (χ1v) is 8.22. The van der Waals surface area contributed by atoms with Crippen LogP contribution in [-0.2, 0) is 4.74 Å². The van der Waals surface area contributed by atoms with Crippen molar-refractivity contribution in [1.29, 1.82) is 0 Å². The normalized spacial score (nSPS) is 23.5. The van der Waals surface area contributed by atoms with Crippen LogP contribution < -0.4 is 10.6 Å². The van der Waals surface area contributed by atoms with Crippen molar-refractivity contribution in [2.24, 2.45) is 0 Å². The van der Waals surface area contributed by atoms with Gasteiger partial charge in [-0.1, -0.05) is 30.0 Å². The lowest BCUT2D eigenvalue weighted by molar-refractivity contribution is -0.0457. The molecule has 2 fully saturated rings. The van der Waals surface area contributed by atoms with Gasteiger partial charge in [-0.05, 0) is 31.5 Å². The van der Waals surface area contributed by atoms with E-state index in [1.165, 1.54) is 12.8 Å². The first kappa shape index (κ1) is 15.9. The molecular weight excluding hydrogens is 290 g/mol. The minimum Gasteiger partial charge on any atom is -0.373 e. The van der Waals surface area contributed by atoms with Crippen LogP contribution in [0.15, 0.2) is 30.3 Å². The molecule has 0 bridgehead atoms. The van der Waals surface area contributed by atoms with Crippen LogP contribution in [0.2, 0.25) is 0 Å². The van der Waals surface area contributed by atoms with Crippen molar-refractivity contribution in [3.8, 4) is 11.8 Å². The molecule has 0 aromatic heterocycles. The molecule has 2 aliphatic heterocycles. The Morgan fingerprint density at radius 2 is 2.17 bits per heavy atom. The molecule has 23 heavy (non-hydrogen) atoms. The Balaban J connectivity index is 1.33. The topological polar surface area (TPSA) is 53.6 Å². The number of rotatable bonds is 3. The summed E-state index contributed by atoms with van der Waals surface area (Å²) >= 11 is 0. The van der Waals surface area contributed by atoms with Crippen LogP contribution in [0.1, 0.15) is 18.4 Å². The van der Waals surface area contributed by atoms with Gasteiger partial charge in [0, 0.05) is 24.7 Å². The number of morpholine rings is 1. The van der Waals surface area contributed by atoms with Crippen molar-refractivity contribution in [3.05, 3.63) is 35.9 Å². The van der Waals surface area contributed by atoms with Crippen molar-refractivity contribution in [2.75, 3.05) is 32.8 Å². The van der Waals surface area contributed by atoms with E-state index in [0.29, 0.717) is 19.1 Å². The highest BCUT2D eigenvalue weighted by Crippen LogP contribution is 2.22. The molecule has 5 nitrogen and oxygen atoms in total. The highest BCUT2D eigenvalue weighted by atomic mass is 16.5. The zero-order valence-electron chi connectivity index (χ0n) is 13.3. The van der Waals surface area contributed by atoms with Gasteiger partial charge in [0.25, 0.3) is 0 Å². The number of carbonyl (C=O) groups is 1. The third-order valence-corrected chi connectivity index (χ3v) is 4.30. The molecule has 3 rings (SSSR count). The standard InChI is InChI=1S/C18H23N3O2/c22-18(19-10-4-8-15-6-2-1-3-7-15)20-12-17-13-21-11-5-9-16(21)14-23-17/h1-3,6-7,16-17H,5,9-14H2,(H2,19,20,22)/t16-,17-/m0/s1. The number of hydrogen-bond acceptors (Lipinski definition) is 3. The minimum absolute atomic E-state index is 0.0884. The van der Waals surface area contributed by atoms with E-state index >= 15 is 0 Å². The maximum absolute atomic E-state index is 11.8. The maximum atomic E-state index is 11.8. The molecule has 0 unspecified atom stereocenters. The van der Waals surface area contributed by atoms with Crippen molar-refractivity contribution in [3.63, 3.8) is 0 Å². The second kappa shape index (κ2) is 8.00. The Morgan fingerprint density at radius 1 is 1.30 bits per heavy atom. The molecule has 0 spiro atoms. The summed E-state index contributed by atoms with van der Waals surface area (Å²) in [7, 11) is 0. The molecule has 2 heterocycles. The number of hydrogen-bond donors (Lipinski definition) is 2. The van der Waals surface area contributed by atoms with Gasteiger partial charge in [-0.25, -0.2) is 4.79 Å². The van der Waals surface area contributed by atoms with Gasteiger partial charge in [0.2, 0.25) is 0 Å². The fourth-order valence-electron chi connectivity index (χ4n) is 3.07. The lowest BCUT2D eigenvalue weighted by Crippen LogP contribution is -2.51. The molecule has 2 atom stereocenters. The number of amides is 2. The summed E-state index contributed by atoms with van der Waals surface area (Å²) < 4.78 is 5.81. The Hall–Kier alpha value is -2.03. The van der Waals surface area contributed by atoms with E-state index in [4.69, 9.17) is 4.74 Å². The molecule has 2 amide bonds. The van der Waals surface area contributed by atoms with Crippen molar-refractivity contribution in [1.82, 2.24) is 15.5 Å². The predicted molar refractivity (Wildman–Crippen MR) is 89.1 cm³/mol. The van der Waals surface area contributed by atoms with Gasteiger partial charge in [0.15, 0.2) is 0 Å². The van der Waals surface area contributed by atoms with E-state index in [9.17, 15) is 4.79 Å². The van der Waals surface area contributed by atoms with E-state index in [2.05, 4.69) is 27.4 Å². The van der Waals surface area contributed by atoms with Crippen molar-refractivity contribution < 1.29 is 9.53 Å². The highest BCUT2D eigenvalue weighted by Gasteiger charge is 2.32. The zero-order chi connectivity index (χ0) is 15.9. The number of benzene rings is 1. The number of nitrogens with zero attached hydrogens (tertiary/aromatic N) is 1. The van der Waals surface area contributed by atoms with Gasteiger partial charge in [-0.3, -0.25) is 4.90 Å². The molecule has 5 heteroatoms. The second-order valence-electron chi connectivity index (χ2n) is 5.98. The molecule has 1 aromatic rings. The van der Waals surface area contributed by atoms with Crippen molar-refractivity contribution in [2.45, 2.75) is 25.0 Å². The summed E-state index contributed by atoms with van der Waals surface area (Å²) in [5.41, 5.74) is 0.950. The SMILES string of the molecule is O=C(NCC#Cc1ccccc1)NC[C@H]1CN2CCC[C@H]2CO1. The molecule has 1 aromatic carbocycles. The average molecular weight is 313 g/mol. The third-order valence-electron chi connectivity index (χ3n) is 4.30. The first-order valence-electron chi connectivity index (χ1n) is 8.22. The second-order valence-corrected chi connectivity index (χ2v) is 5.98. The van der Waals surface area contributed by atoms with Crippen LogP contribution in [-0.4, -0.2) is 55.9 Å². The van der Waals surface area contributed by atoms with Crippen LogP contribution >= 0.6 is 0 Å². The number of ether oxygens (including phenoxy) is 1. The highest BCUT2D eigenvalue weighted by molar-refractivity contribution is 5.74. The molecule has 122 valence electrons. The Labute approximate surface area is 137 Å². The molecule has 2 saturated heterocycles. The van der Waals surface area contributed by atoms with Gasteiger partial charge < -0.3 is 15.4 Å². The fourth-order valence-corrected chi connectivity index (χ4v) is 3.07. The Bertz CT molecular complexity index is 579. The van der Waals surface area contributed by atoms with E-state index in [0.717, 1.165) is 25.3 Å². The summed E-state index contributed by atoms with van der Waals surface area (Å²) in [5, 5.41) is 5.61. The van der Waals surface area contributed by atoms with Gasteiger partial charge in [-0.15, -0.1) is 0 Å². The lowest BCUT2D eigenvalue weighted by atomic mass is 10.2. The number of nitrogens with one attached hydrogen (secondary N) is 2. The molecule has 2 aliphatic rings. The summed E-state index contributed by atoms with van der Waals surface area (Å²) in [6.07, 6.45) is 2.58. The molecular formula is C18H23N3O2. The smallest absolute Gasteiger partial charge is 0.315 e. The van der Waals surface area contributed by atoms with Crippen LogP contribution in [0.4, 0.5) is 4.79 Å². The number of urea groups is 1. The first-order chi connectivity index (χ1) is 11.3. The number of fused-ring (bicyclic) bond motifs is 1. The lowest BCUT2D eigenvalue weighted by Gasteiger charge is -2.35. The van der Waals surface area contributed by atoms with Crippen LogP contribution in [0.5, 0.6) is 0 Å². The van der Waals surface area contributed by atoms with E-state index in [1.54, 1.807) is 0 Å². The van der Waals surface area contributed by atoms with Gasteiger partial charge in [0.05, 0.1) is 19.3 Å². The molecule has 2 N–H and O–H groups in total. The fraction of sp³-hybridized carbons (Fsp3) is 0.500. The Kier molecular flexibility index (Phi) is 5.51.